The molecule has 3 rings (SSSR count). The van der Waals surface area contributed by atoms with E-state index in [-0.39, 0.29) is 5.91 Å². The second-order valence-electron chi connectivity index (χ2n) is 5.11. The largest absolute Gasteiger partial charge is 0.478 e. The molecule has 0 aliphatic heterocycles. The van der Waals surface area contributed by atoms with E-state index in [4.69, 9.17) is 4.74 Å². The first-order valence-corrected chi connectivity index (χ1v) is 7.92. The summed E-state index contributed by atoms with van der Waals surface area (Å²) in [5, 5.41) is 2.86. The van der Waals surface area contributed by atoms with Crippen molar-refractivity contribution in [1.82, 2.24) is 29.8 Å². The number of amides is 1. The van der Waals surface area contributed by atoms with Crippen LogP contribution in [0.4, 0.5) is 0 Å². The third-order valence-corrected chi connectivity index (χ3v) is 3.44. The summed E-state index contributed by atoms with van der Waals surface area (Å²) in [7, 11) is 0. The second kappa shape index (κ2) is 8.00. The smallest absolute Gasteiger partial charge is 0.252 e. The maximum atomic E-state index is 12.2. The molecule has 8 nitrogen and oxygen atoms in total. The number of hydrogen-bond donors (Lipinski definition) is 1. The summed E-state index contributed by atoms with van der Waals surface area (Å²) >= 11 is 0. The summed E-state index contributed by atoms with van der Waals surface area (Å²) in [6.45, 7) is 3.45. The highest BCUT2D eigenvalue weighted by atomic mass is 16.5. The van der Waals surface area contributed by atoms with Crippen LogP contribution in [-0.2, 0) is 6.54 Å². The predicted octanol–water partition coefficient (Wildman–Crippen LogP) is 1.56. The van der Waals surface area contributed by atoms with Crippen LogP contribution < -0.4 is 10.1 Å². The monoisotopic (exact) mass is 338 g/mol. The Labute approximate surface area is 144 Å². The van der Waals surface area contributed by atoms with Gasteiger partial charge in [0.15, 0.2) is 5.82 Å². The minimum atomic E-state index is -0.184. The van der Waals surface area contributed by atoms with Gasteiger partial charge in [-0.2, -0.15) is 0 Å². The van der Waals surface area contributed by atoms with Crippen LogP contribution in [-0.4, -0.2) is 43.6 Å². The van der Waals surface area contributed by atoms with Gasteiger partial charge < -0.3 is 14.6 Å². The fourth-order valence-electron chi connectivity index (χ4n) is 2.28. The zero-order valence-electron chi connectivity index (χ0n) is 13.8. The normalized spacial score (nSPS) is 10.4. The van der Waals surface area contributed by atoms with Crippen molar-refractivity contribution in [3.05, 3.63) is 54.9 Å². The Balaban J connectivity index is 1.56. The molecular formula is C17H18N6O2. The average molecular weight is 338 g/mol. The van der Waals surface area contributed by atoms with Gasteiger partial charge in [-0.25, -0.2) is 15.0 Å². The van der Waals surface area contributed by atoms with E-state index in [2.05, 4.69) is 25.3 Å². The molecule has 3 aromatic rings. The minimum Gasteiger partial charge on any atom is -0.478 e. The molecule has 8 heteroatoms. The van der Waals surface area contributed by atoms with E-state index in [1.807, 2.05) is 17.7 Å². The number of aromatic nitrogens is 5. The predicted molar refractivity (Wildman–Crippen MR) is 91.0 cm³/mol. The van der Waals surface area contributed by atoms with Gasteiger partial charge in [-0.3, -0.25) is 9.78 Å². The number of nitrogens with one attached hydrogen (secondary N) is 1. The minimum absolute atomic E-state index is 0.184. The summed E-state index contributed by atoms with van der Waals surface area (Å²) in [4.78, 5) is 28.8. The van der Waals surface area contributed by atoms with Gasteiger partial charge >= 0.3 is 0 Å². The SMILES string of the molecule is CCOc1ccc(C(=O)NCCn2ccnc2-c2cnccn2)cn1. The zero-order chi connectivity index (χ0) is 17.5. The summed E-state index contributed by atoms with van der Waals surface area (Å²) in [6.07, 6.45) is 9.93. The fourth-order valence-corrected chi connectivity index (χ4v) is 2.28. The number of imidazole rings is 1. The van der Waals surface area contributed by atoms with Gasteiger partial charge in [-0.1, -0.05) is 0 Å². The zero-order valence-corrected chi connectivity index (χ0v) is 13.8. The van der Waals surface area contributed by atoms with Crippen molar-refractivity contribution in [2.24, 2.45) is 0 Å². The summed E-state index contributed by atoms with van der Waals surface area (Å²) in [5.74, 6) is 1.04. The Morgan fingerprint density at radius 1 is 1.16 bits per heavy atom. The molecule has 0 bridgehead atoms. The number of carbonyl (C=O) groups excluding carboxylic acids is 1. The molecule has 0 aliphatic rings. The Hall–Kier alpha value is -3.29. The van der Waals surface area contributed by atoms with Crippen molar-refractivity contribution in [1.29, 1.82) is 0 Å². The quantitative estimate of drug-likeness (QED) is 0.702. The van der Waals surface area contributed by atoms with Crippen LogP contribution in [0.3, 0.4) is 0 Å². The Morgan fingerprint density at radius 2 is 2.08 bits per heavy atom. The summed E-state index contributed by atoms with van der Waals surface area (Å²) in [5.41, 5.74) is 1.18. The van der Waals surface area contributed by atoms with Crippen molar-refractivity contribution < 1.29 is 9.53 Å². The van der Waals surface area contributed by atoms with E-state index >= 15 is 0 Å². The number of nitrogens with zero attached hydrogens (tertiary/aromatic N) is 5. The van der Waals surface area contributed by atoms with E-state index < -0.39 is 0 Å². The van der Waals surface area contributed by atoms with Crippen molar-refractivity contribution >= 4 is 5.91 Å². The van der Waals surface area contributed by atoms with Gasteiger partial charge in [0, 0.05) is 50.1 Å². The van der Waals surface area contributed by atoms with Crippen molar-refractivity contribution in [2.75, 3.05) is 13.2 Å². The number of pyridine rings is 1. The number of ether oxygens (including phenoxy) is 1. The number of rotatable bonds is 7. The fraction of sp³-hybridized carbons (Fsp3) is 0.235. The van der Waals surface area contributed by atoms with E-state index in [9.17, 15) is 4.79 Å². The molecule has 0 spiro atoms. The topological polar surface area (TPSA) is 94.8 Å². The Kier molecular flexibility index (Phi) is 5.30. The second-order valence-corrected chi connectivity index (χ2v) is 5.11. The molecule has 0 saturated carbocycles. The van der Waals surface area contributed by atoms with E-state index in [1.54, 1.807) is 36.9 Å². The number of carbonyl (C=O) groups is 1. The lowest BCUT2D eigenvalue weighted by Gasteiger charge is -2.09. The molecule has 3 aromatic heterocycles. The van der Waals surface area contributed by atoms with Crippen LogP contribution in [0, 0.1) is 0 Å². The van der Waals surface area contributed by atoms with Crippen LogP contribution in [0.1, 0.15) is 17.3 Å². The van der Waals surface area contributed by atoms with E-state index in [1.165, 1.54) is 6.20 Å². The third kappa shape index (κ3) is 4.17. The molecule has 0 radical (unpaired) electrons. The van der Waals surface area contributed by atoms with Gasteiger partial charge in [0.25, 0.3) is 5.91 Å². The summed E-state index contributed by atoms with van der Waals surface area (Å²) in [6, 6.07) is 3.37. The molecular weight excluding hydrogens is 320 g/mol. The van der Waals surface area contributed by atoms with Crippen LogP contribution in [0.2, 0.25) is 0 Å². The molecule has 3 heterocycles. The van der Waals surface area contributed by atoms with E-state index in [0.29, 0.717) is 42.7 Å². The van der Waals surface area contributed by atoms with Crippen molar-refractivity contribution in [2.45, 2.75) is 13.5 Å². The molecule has 0 atom stereocenters. The van der Waals surface area contributed by atoms with Crippen LogP contribution in [0.25, 0.3) is 11.5 Å². The molecule has 0 unspecified atom stereocenters. The van der Waals surface area contributed by atoms with Gasteiger partial charge in [0.2, 0.25) is 5.88 Å². The molecule has 128 valence electrons. The highest BCUT2D eigenvalue weighted by Crippen LogP contribution is 2.12. The maximum Gasteiger partial charge on any atom is 0.252 e. The average Bonchev–Trinajstić information content (AvgIpc) is 3.12. The lowest BCUT2D eigenvalue weighted by atomic mass is 10.2. The molecule has 0 aromatic carbocycles. The standard InChI is InChI=1S/C17H18N6O2/c1-2-25-15-4-3-13(11-22-15)17(24)21-8-10-23-9-7-20-16(23)14-12-18-5-6-19-14/h3-7,9,11-12H,2,8,10H2,1H3,(H,21,24). The van der Waals surface area contributed by atoms with Gasteiger partial charge in [-0.05, 0) is 13.0 Å². The van der Waals surface area contributed by atoms with Crippen molar-refractivity contribution in [3.63, 3.8) is 0 Å². The lowest BCUT2D eigenvalue weighted by Crippen LogP contribution is -2.27. The highest BCUT2D eigenvalue weighted by Gasteiger charge is 2.09. The first kappa shape index (κ1) is 16.6. The molecule has 1 N–H and O–H groups in total. The first-order valence-electron chi connectivity index (χ1n) is 7.92. The summed E-state index contributed by atoms with van der Waals surface area (Å²) < 4.78 is 7.18. The molecule has 0 aliphatic carbocycles. The van der Waals surface area contributed by atoms with Gasteiger partial charge in [-0.15, -0.1) is 0 Å². The van der Waals surface area contributed by atoms with Gasteiger partial charge in [0.05, 0.1) is 18.4 Å². The van der Waals surface area contributed by atoms with E-state index in [0.717, 1.165) is 0 Å². The lowest BCUT2D eigenvalue weighted by molar-refractivity contribution is 0.0952. The van der Waals surface area contributed by atoms with Crippen LogP contribution in [0.5, 0.6) is 5.88 Å². The van der Waals surface area contributed by atoms with Gasteiger partial charge in [0.1, 0.15) is 5.69 Å². The first-order chi connectivity index (χ1) is 12.3. The van der Waals surface area contributed by atoms with Crippen molar-refractivity contribution in [3.8, 4) is 17.4 Å². The van der Waals surface area contributed by atoms with Crippen LogP contribution >= 0.6 is 0 Å². The third-order valence-electron chi connectivity index (χ3n) is 3.44. The molecule has 25 heavy (non-hydrogen) atoms. The highest BCUT2D eigenvalue weighted by molar-refractivity contribution is 5.93. The molecule has 1 amide bonds. The number of hydrogen-bond acceptors (Lipinski definition) is 6. The Morgan fingerprint density at radius 3 is 2.80 bits per heavy atom. The maximum absolute atomic E-state index is 12.2. The van der Waals surface area contributed by atoms with Crippen LogP contribution in [0.15, 0.2) is 49.3 Å². The molecule has 0 fully saturated rings. The Bertz CT molecular complexity index is 817. The molecule has 0 saturated heterocycles.